The Hall–Kier alpha value is -2.12. The molecule has 2 aromatic rings. The molecule has 3 rings (SSSR count). The molecule has 20 heavy (non-hydrogen) atoms. The lowest BCUT2D eigenvalue weighted by Gasteiger charge is -2.29. The second-order valence-corrected chi connectivity index (χ2v) is 4.92. The highest BCUT2D eigenvalue weighted by atomic mass is 16.5. The average Bonchev–Trinajstić information content (AvgIpc) is 2.53. The molecule has 0 amide bonds. The first-order chi connectivity index (χ1) is 9.88. The summed E-state index contributed by atoms with van der Waals surface area (Å²) in [5.74, 6) is 1.02. The van der Waals surface area contributed by atoms with Gasteiger partial charge in [-0.3, -0.25) is 0 Å². The molecule has 0 unspecified atom stereocenters. The number of nitriles is 1. The fourth-order valence-electron chi connectivity index (χ4n) is 2.57. The Bertz CT molecular complexity index is 642. The van der Waals surface area contributed by atoms with Crippen LogP contribution in [-0.2, 0) is 11.2 Å². The number of ether oxygens (including phenoxy) is 1. The van der Waals surface area contributed by atoms with E-state index in [1.807, 2.05) is 18.2 Å². The summed E-state index contributed by atoms with van der Waals surface area (Å²) in [4.78, 5) is 7.08. The van der Waals surface area contributed by atoms with Gasteiger partial charge in [0.25, 0.3) is 0 Å². The molecular weight excluding hydrogens is 250 g/mol. The van der Waals surface area contributed by atoms with E-state index in [2.05, 4.69) is 23.1 Å². The van der Waals surface area contributed by atoms with Crippen molar-refractivity contribution >= 4 is 16.7 Å². The van der Waals surface area contributed by atoms with Gasteiger partial charge in [-0.1, -0.05) is 18.2 Å². The summed E-state index contributed by atoms with van der Waals surface area (Å²) in [6.45, 7) is 3.22. The van der Waals surface area contributed by atoms with Crippen LogP contribution in [0.5, 0.6) is 0 Å². The molecule has 1 fully saturated rings. The highest BCUT2D eigenvalue weighted by molar-refractivity contribution is 5.81. The van der Waals surface area contributed by atoms with E-state index >= 15 is 0 Å². The van der Waals surface area contributed by atoms with Crippen LogP contribution < -0.4 is 4.90 Å². The minimum absolute atomic E-state index is 0.525. The number of aryl methyl sites for hydroxylation is 1. The SMILES string of the molecule is N#CCCc1cc2ccccc2nc1N1CCOCC1. The number of benzene rings is 1. The first kappa shape index (κ1) is 12.9. The lowest BCUT2D eigenvalue weighted by Crippen LogP contribution is -2.37. The first-order valence-electron chi connectivity index (χ1n) is 6.97. The molecule has 0 bridgehead atoms. The maximum atomic E-state index is 8.84. The number of nitrogens with zero attached hydrogens (tertiary/aromatic N) is 3. The number of aromatic nitrogens is 1. The van der Waals surface area contributed by atoms with Crippen LogP contribution in [0.2, 0.25) is 0 Å². The highest BCUT2D eigenvalue weighted by Crippen LogP contribution is 2.25. The van der Waals surface area contributed by atoms with Crippen LogP contribution in [0.25, 0.3) is 10.9 Å². The summed E-state index contributed by atoms with van der Waals surface area (Å²) in [5, 5.41) is 9.97. The van der Waals surface area contributed by atoms with Gasteiger partial charge in [0.05, 0.1) is 24.8 Å². The van der Waals surface area contributed by atoms with Crippen molar-refractivity contribution in [2.45, 2.75) is 12.8 Å². The second kappa shape index (κ2) is 5.89. The minimum Gasteiger partial charge on any atom is -0.378 e. The van der Waals surface area contributed by atoms with Crippen LogP contribution in [-0.4, -0.2) is 31.3 Å². The topological polar surface area (TPSA) is 49.2 Å². The molecule has 0 saturated carbocycles. The molecule has 0 atom stereocenters. The van der Waals surface area contributed by atoms with E-state index in [0.717, 1.165) is 55.0 Å². The van der Waals surface area contributed by atoms with Gasteiger partial charge in [0.2, 0.25) is 0 Å². The largest absolute Gasteiger partial charge is 0.378 e. The van der Waals surface area contributed by atoms with E-state index in [0.29, 0.717) is 6.42 Å². The van der Waals surface area contributed by atoms with Crippen molar-refractivity contribution < 1.29 is 4.74 Å². The molecular formula is C16H17N3O. The van der Waals surface area contributed by atoms with Gasteiger partial charge in [0.15, 0.2) is 0 Å². The van der Waals surface area contributed by atoms with E-state index in [4.69, 9.17) is 15.0 Å². The van der Waals surface area contributed by atoms with Gasteiger partial charge in [-0.15, -0.1) is 0 Å². The Balaban J connectivity index is 2.03. The van der Waals surface area contributed by atoms with Crippen molar-refractivity contribution in [3.63, 3.8) is 0 Å². The number of fused-ring (bicyclic) bond motifs is 1. The summed E-state index contributed by atoms with van der Waals surface area (Å²) in [7, 11) is 0. The predicted molar refractivity (Wildman–Crippen MR) is 78.7 cm³/mol. The van der Waals surface area contributed by atoms with Gasteiger partial charge in [-0.25, -0.2) is 4.98 Å². The van der Waals surface area contributed by atoms with E-state index in [9.17, 15) is 0 Å². The third-order valence-corrected chi connectivity index (χ3v) is 3.60. The van der Waals surface area contributed by atoms with Crippen molar-refractivity contribution in [2.24, 2.45) is 0 Å². The molecule has 4 nitrogen and oxygen atoms in total. The van der Waals surface area contributed by atoms with Gasteiger partial charge < -0.3 is 9.64 Å². The summed E-state index contributed by atoms with van der Waals surface area (Å²) in [5.41, 5.74) is 2.17. The van der Waals surface area contributed by atoms with Crippen LogP contribution in [0.15, 0.2) is 30.3 Å². The smallest absolute Gasteiger partial charge is 0.132 e. The molecule has 1 aromatic carbocycles. The van der Waals surface area contributed by atoms with E-state index < -0.39 is 0 Å². The third-order valence-electron chi connectivity index (χ3n) is 3.60. The van der Waals surface area contributed by atoms with Crippen molar-refractivity contribution in [3.05, 3.63) is 35.9 Å². The normalized spacial score (nSPS) is 15.2. The van der Waals surface area contributed by atoms with Crippen LogP contribution >= 0.6 is 0 Å². The van der Waals surface area contributed by atoms with E-state index in [1.54, 1.807) is 0 Å². The summed E-state index contributed by atoms with van der Waals surface area (Å²) in [6, 6.07) is 12.5. The maximum Gasteiger partial charge on any atom is 0.132 e. The average molecular weight is 267 g/mol. The monoisotopic (exact) mass is 267 g/mol. The quantitative estimate of drug-likeness (QED) is 0.857. The van der Waals surface area contributed by atoms with Crippen molar-refractivity contribution in [3.8, 4) is 6.07 Å². The number of hydrogen-bond acceptors (Lipinski definition) is 4. The molecule has 1 aromatic heterocycles. The fourth-order valence-corrected chi connectivity index (χ4v) is 2.57. The molecule has 1 aliphatic heterocycles. The van der Waals surface area contributed by atoms with Crippen LogP contribution in [0, 0.1) is 11.3 Å². The van der Waals surface area contributed by atoms with Crippen LogP contribution in [0.4, 0.5) is 5.82 Å². The Labute approximate surface area is 118 Å². The number of para-hydroxylation sites is 1. The van der Waals surface area contributed by atoms with Crippen LogP contribution in [0.1, 0.15) is 12.0 Å². The lowest BCUT2D eigenvalue weighted by molar-refractivity contribution is 0.122. The first-order valence-corrected chi connectivity index (χ1v) is 6.97. The molecule has 4 heteroatoms. The molecule has 0 radical (unpaired) electrons. The maximum absolute atomic E-state index is 8.84. The van der Waals surface area contributed by atoms with Gasteiger partial charge in [-0.2, -0.15) is 5.26 Å². The minimum atomic E-state index is 0.525. The highest BCUT2D eigenvalue weighted by Gasteiger charge is 2.17. The molecule has 0 aliphatic carbocycles. The van der Waals surface area contributed by atoms with Crippen molar-refractivity contribution in [1.82, 2.24) is 4.98 Å². The molecule has 102 valence electrons. The zero-order valence-corrected chi connectivity index (χ0v) is 11.4. The predicted octanol–water partition coefficient (Wildman–Crippen LogP) is 2.53. The Kier molecular flexibility index (Phi) is 3.80. The summed E-state index contributed by atoms with van der Waals surface area (Å²) >= 11 is 0. The Morgan fingerprint density at radius 1 is 1.25 bits per heavy atom. The molecule has 2 heterocycles. The Morgan fingerprint density at radius 3 is 2.85 bits per heavy atom. The lowest BCUT2D eigenvalue weighted by atomic mass is 10.1. The summed E-state index contributed by atoms with van der Waals surface area (Å²) in [6.07, 6.45) is 1.28. The van der Waals surface area contributed by atoms with Crippen molar-refractivity contribution in [2.75, 3.05) is 31.2 Å². The van der Waals surface area contributed by atoms with Gasteiger partial charge in [0, 0.05) is 24.9 Å². The zero-order valence-electron chi connectivity index (χ0n) is 11.4. The van der Waals surface area contributed by atoms with Crippen LogP contribution in [0.3, 0.4) is 0 Å². The fraction of sp³-hybridized carbons (Fsp3) is 0.375. The standard InChI is InChI=1S/C16H17N3O/c17-7-3-5-14-12-13-4-1-2-6-15(13)18-16(14)19-8-10-20-11-9-19/h1-2,4,6,12H,3,5,8-11H2. The molecule has 1 aliphatic rings. The van der Waals surface area contributed by atoms with Gasteiger partial charge >= 0.3 is 0 Å². The van der Waals surface area contributed by atoms with E-state index in [1.165, 1.54) is 0 Å². The number of pyridine rings is 1. The number of morpholine rings is 1. The Morgan fingerprint density at radius 2 is 2.05 bits per heavy atom. The summed E-state index contributed by atoms with van der Waals surface area (Å²) < 4.78 is 5.41. The molecule has 1 saturated heterocycles. The van der Waals surface area contributed by atoms with Crippen molar-refractivity contribution in [1.29, 1.82) is 5.26 Å². The number of anilines is 1. The zero-order chi connectivity index (χ0) is 13.8. The third kappa shape index (κ3) is 2.59. The molecule has 0 spiro atoms. The van der Waals surface area contributed by atoms with Gasteiger partial charge in [0.1, 0.15) is 5.82 Å². The molecule has 0 N–H and O–H groups in total. The number of hydrogen-bond donors (Lipinski definition) is 0. The second-order valence-electron chi connectivity index (χ2n) is 4.92. The van der Waals surface area contributed by atoms with E-state index in [-0.39, 0.29) is 0 Å². The van der Waals surface area contributed by atoms with Gasteiger partial charge in [-0.05, 0) is 24.1 Å². The number of rotatable bonds is 3.